The van der Waals surface area contributed by atoms with Crippen molar-refractivity contribution in [2.75, 3.05) is 4.90 Å². The third-order valence-corrected chi connectivity index (χ3v) is 7.80. The van der Waals surface area contributed by atoms with Gasteiger partial charge in [0.15, 0.2) is 0 Å². The maximum Gasteiger partial charge on any atom is 0.137 e. The minimum atomic E-state index is 0.888. The standard InChI is InChI=1S/C38H25NO/c1-2-11-32(12-3-1)39(35-14-8-16-37-38(35)34-13-6-7-15-36(34)40-37)33-22-21-27-18-20-30(24-31(27)25-33)29-19-17-26-9-4-5-10-28(26)23-29/h1-25H. The van der Waals surface area contributed by atoms with Gasteiger partial charge in [0.2, 0.25) is 0 Å². The fourth-order valence-corrected chi connectivity index (χ4v) is 5.87. The minimum Gasteiger partial charge on any atom is -0.456 e. The number of hydrogen-bond donors (Lipinski definition) is 0. The van der Waals surface area contributed by atoms with Crippen LogP contribution in [0.3, 0.4) is 0 Å². The van der Waals surface area contributed by atoms with E-state index in [2.05, 4.69) is 144 Å². The normalized spacial score (nSPS) is 11.5. The molecule has 1 heterocycles. The fourth-order valence-electron chi connectivity index (χ4n) is 5.87. The molecule has 2 nitrogen and oxygen atoms in total. The van der Waals surface area contributed by atoms with E-state index in [-0.39, 0.29) is 0 Å². The van der Waals surface area contributed by atoms with Gasteiger partial charge in [-0.2, -0.15) is 0 Å². The van der Waals surface area contributed by atoms with Crippen LogP contribution in [0.4, 0.5) is 17.1 Å². The smallest absolute Gasteiger partial charge is 0.137 e. The van der Waals surface area contributed by atoms with Gasteiger partial charge in [-0.3, -0.25) is 0 Å². The molecule has 0 amide bonds. The lowest BCUT2D eigenvalue weighted by atomic mass is 9.98. The highest BCUT2D eigenvalue weighted by molar-refractivity contribution is 6.13. The third-order valence-electron chi connectivity index (χ3n) is 7.80. The van der Waals surface area contributed by atoms with Crippen molar-refractivity contribution in [2.45, 2.75) is 0 Å². The molecule has 2 heteroatoms. The van der Waals surface area contributed by atoms with E-state index in [0.717, 1.165) is 39.0 Å². The zero-order valence-corrected chi connectivity index (χ0v) is 21.8. The molecule has 0 bridgehead atoms. The summed E-state index contributed by atoms with van der Waals surface area (Å²) in [5.74, 6) is 0. The monoisotopic (exact) mass is 511 g/mol. The Morgan fingerprint density at radius 2 is 1.05 bits per heavy atom. The highest BCUT2D eigenvalue weighted by Crippen LogP contribution is 2.43. The summed E-state index contributed by atoms with van der Waals surface area (Å²) >= 11 is 0. The number of rotatable bonds is 4. The number of para-hydroxylation sites is 2. The molecule has 0 fully saturated rings. The maximum atomic E-state index is 6.25. The van der Waals surface area contributed by atoms with Gasteiger partial charge in [0.1, 0.15) is 11.2 Å². The number of anilines is 3. The highest BCUT2D eigenvalue weighted by Gasteiger charge is 2.19. The largest absolute Gasteiger partial charge is 0.456 e. The molecule has 0 radical (unpaired) electrons. The molecule has 0 atom stereocenters. The predicted octanol–water partition coefficient (Wildman–Crippen LogP) is 11.0. The first-order valence-corrected chi connectivity index (χ1v) is 13.6. The molecule has 0 spiro atoms. The molecule has 0 aliphatic rings. The Labute approximate surface area is 232 Å². The molecule has 0 aliphatic heterocycles. The summed E-state index contributed by atoms with van der Waals surface area (Å²) in [6.07, 6.45) is 0. The second kappa shape index (κ2) is 9.14. The lowest BCUT2D eigenvalue weighted by molar-refractivity contribution is 0.669. The average molecular weight is 512 g/mol. The summed E-state index contributed by atoms with van der Waals surface area (Å²) in [5, 5.41) is 7.17. The van der Waals surface area contributed by atoms with Gasteiger partial charge in [-0.05, 0) is 87.3 Å². The molecule has 7 aromatic carbocycles. The SMILES string of the molecule is c1ccc(N(c2ccc3ccc(-c4ccc5ccccc5c4)cc3c2)c2cccc3oc4ccccc4c23)cc1. The zero-order valence-electron chi connectivity index (χ0n) is 21.8. The second-order valence-corrected chi connectivity index (χ2v) is 10.2. The Bertz CT molecular complexity index is 2170. The Hall–Kier alpha value is -5.34. The van der Waals surface area contributed by atoms with Crippen LogP contribution in [0, 0.1) is 0 Å². The lowest BCUT2D eigenvalue weighted by Crippen LogP contribution is -2.10. The highest BCUT2D eigenvalue weighted by atomic mass is 16.3. The Morgan fingerprint density at radius 1 is 0.400 bits per heavy atom. The second-order valence-electron chi connectivity index (χ2n) is 10.2. The van der Waals surface area contributed by atoms with Crippen LogP contribution in [0.1, 0.15) is 0 Å². The van der Waals surface area contributed by atoms with Crippen LogP contribution in [-0.2, 0) is 0 Å². The van der Waals surface area contributed by atoms with Gasteiger partial charge in [-0.1, -0.05) is 97.1 Å². The maximum absolute atomic E-state index is 6.25. The van der Waals surface area contributed by atoms with E-state index < -0.39 is 0 Å². The van der Waals surface area contributed by atoms with Crippen LogP contribution in [0.25, 0.3) is 54.6 Å². The zero-order chi connectivity index (χ0) is 26.5. The van der Waals surface area contributed by atoms with E-state index in [4.69, 9.17) is 4.42 Å². The van der Waals surface area contributed by atoms with Crippen molar-refractivity contribution >= 4 is 60.5 Å². The van der Waals surface area contributed by atoms with E-state index >= 15 is 0 Å². The van der Waals surface area contributed by atoms with Crippen LogP contribution in [-0.4, -0.2) is 0 Å². The van der Waals surface area contributed by atoms with Crippen molar-refractivity contribution in [1.82, 2.24) is 0 Å². The van der Waals surface area contributed by atoms with Crippen LogP contribution >= 0.6 is 0 Å². The summed E-state index contributed by atoms with van der Waals surface area (Å²) < 4.78 is 6.25. The molecule has 0 aliphatic carbocycles. The summed E-state index contributed by atoms with van der Waals surface area (Å²) in [6, 6.07) is 53.9. The Balaban J connectivity index is 1.32. The van der Waals surface area contributed by atoms with Gasteiger partial charge in [-0.25, -0.2) is 0 Å². The third kappa shape index (κ3) is 3.73. The number of nitrogens with zero attached hydrogens (tertiary/aromatic N) is 1. The van der Waals surface area contributed by atoms with Crippen molar-refractivity contribution in [3.05, 3.63) is 152 Å². The predicted molar refractivity (Wildman–Crippen MR) is 169 cm³/mol. The quantitative estimate of drug-likeness (QED) is 0.234. The first-order chi connectivity index (χ1) is 19.8. The molecule has 40 heavy (non-hydrogen) atoms. The van der Waals surface area contributed by atoms with Gasteiger partial charge in [-0.15, -0.1) is 0 Å². The van der Waals surface area contributed by atoms with E-state index in [1.54, 1.807) is 0 Å². The molecule has 188 valence electrons. The Kier molecular flexibility index (Phi) is 5.17. The van der Waals surface area contributed by atoms with E-state index in [0.29, 0.717) is 0 Å². The number of hydrogen-bond acceptors (Lipinski definition) is 2. The van der Waals surface area contributed by atoms with E-state index in [9.17, 15) is 0 Å². The van der Waals surface area contributed by atoms with Crippen molar-refractivity contribution in [3.8, 4) is 11.1 Å². The van der Waals surface area contributed by atoms with Crippen LogP contribution in [0.2, 0.25) is 0 Å². The van der Waals surface area contributed by atoms with Crippen LogP contribution < -0.4 is 4.90 Å². The van der Waals surface area contributed by atoms with Gasteiger partial charge >= 0.3 is 0 Å². The van der Waals surface area contributed by atoms with Crippen molar-refractivity contribution in [3.63, 3.8) is 0 Å². The van der Waals surface area contributed by atoms with Gasteiger partial charge < -0.3 is 9.32 Å². The van der Waals surface area contributed by atoms with Crippen LogP contribution in [0.5, 0.6) is 0 Å². The molecule has 0 N–H and O–H groups in total. The van der Waals surface area contributed by atoms with E-state index in [1.165, 1.54) is 32.7 Å². The van der Waals surface area contributed by atoms with E-state index in [1.807, 2.05) is 12.1 Å². The summed E-state index contributed by atoms with van der Waals surface area (Å²) in [6.45, 7) is 0. The molecule has 8 rings (SSSR count). The number of benzene rings is 7. The molecule has 0 unspecified atom stereocenters. The fraction of sp³-hybridized carbons (Fsp3) is 0. The first kappa shape index (κ1) is 22.6. The Morgan fingerprint density at radius 3 is 1.90 bits per heavy atom. The van der Waals surface area contributed by atoms with Gasteiger partial charge in [0.05, 0.1) is 11.1 Å². The van der Waals surface area contributed by atoms with Gasteiger partial charge in [0, 0.05) is 16.8 Å². The summed E-state index contributed by atoms with van der Waals surface area (Å²) in [7, 11) is 0. The van der Waals surface area contributed by atoms with Crippen molar-refractivity contribution in [1.29, 1.82) is 0 Å². The first-order valence-electron chi connectivity index (χ1n) is 13.6. The van der Waals surface area contributed by atoms with Crippen molar-refractivity contribution in [2.24, 2.45) is 0 Å². The average Bonchev–Trinajstić information content (AvgIpc) is 3.41. The summed E-state index contributed by atoms with van der Waals surface area (Å²) in [4.78, 5) is 2.34. The number of fused-ring (bicyclic) bond motifs is 5. The molecular formula is C38H25NO. The van der Waals surface area contributed by atoms with Crippen molar-refractivity contribution < 1.29 is 4.42 Å². The summed E-state index contributed by atoms with van der Waals surface area (Å²) in [5.41, 5.74) is 7.52. The molecule has 0 saturated carbocycles. The molecule has 0 saturated heterocycles. The minimum absolute atomic E-state index is 0.888. The lowest BCUT2D eigenvalue weighted by Gasteiger charge is -2.26. The van der Waals surface area contributed by atoms with Crippen LogP contribution in [0.15, 0.2) is 156 Å². The molecule has 8 aromatic rings. The molecule has 1 aromatic heterocycles. The van der Waals surface area contributed by atoms with Gasteiger partial charge in [0.25, 0.3) is 0 Å². The molecular weight excluding hydrogens is 486 g/mol. The number of furan rings is 1. The topological polar surface area (TPSA) is 16.4 Å².